The van der Waals surface area contributed by atoms with E-state index in [2.05, 4.69) is 12.1 Å². The number of nitriles is 3. The highest BCUT2D eigenvalue weighted by atomic mass is 14.3. The molecule has 1 rings (SSSR count). The van der Waals surface area contributed by atoms with Gasteiger partial charge in [0, 0.05) is 5.57 Å². The monoisotopic (exact) mass is 157 g/mol. The molecule has 2 unspecified atom stereocenters. The van der Waals surface area contributed by atoms with Gasteiger partial charge in [-0.25, -0.2) is 0 Å². The molecule has 0 radical (unpaired) electrons. The number of nitrogens with zero attached hydrogens (tertiary/aromatic N) is 3. The number of hydrogen-bond acceptors (Lipinski definition) is 3. The average Bonchev–Trinajstić information content (AvgIpc) is 2.16. The van der Waals surface area contributed by atoms with Crippen molar-refractivity contribution in [2.45, 2.75) is 12.8 Å². The third kappa shape index (κ3) is 1.62. The first-order valence-corrected chi connectivity index (χ1v) is 3.70. The summed E-state index contributed by atoms with van der Waals surface area (Å²) in [4.78, 5) is 0. The molecule has 3 heteroatoms. The Morgan fingerprint density at radius 2 is 2.00 bits per heavy atom. The Morgan fingerprint density at radius 3 is 2.50 bits per heavy atom. The lowest BCUT2D eigenvalue weighted by Crippen LogP contribution is -2.11. The molecule has 0 fully saturated rings. The van der Waals surface area contributed by atoms with Crippen molar-refractivity contribution in [3.05, 3.63) is 11.6 Å². The first-order valence-electron chi connectivity index (χ1n) is 3.70. The van der Waals surface area contributed by atoms with Gasteiger partial charge in [0.1, 0.15) is 0 Å². The molecular weight excluding hydrogens is 150 g/mol. The molecule has 1 aliphatic carbocycles. The van der Waals surface area contributed by atoms with Crippen LogP contribution in [0.3, 0.4) is 0 Å². The highest BCUT2D eigenvalue weighted by Crippen LogP contribution is 2.26. The van der Waals surface area contributed by atoms with Crippen molar-refractivity contribution >= 4 is 0 Å². The predicted molar refractivity (Wildman–Crippen MR) is 41.1 cm³/mol. The molecule has 0 amide bonds. The fourth-order valence-corrected chi connectivity index (χ4v) is 1.31. The topological polar surface area (TPSA) is 71.4 Å². The Morgan fingerprint density at radius 1 is 1.25 bits per heavy atom. The van der Waals surface area contributed by atoms with Gasteiger partial charge in [-0.1, -0.05) is 6.08 Å². The molecule has 2 atom stereocenters. The van der Waals surface area contributed by atoms with Crippen LogP contribution in [0.2, 0.25) is 0 Å². The van der Waals surface area contributed by atoms with E-state index in [0.29, 0.717) is 18.4 Å². The highest BCUT2D eigenvalue weighted by Gasteiger charge is 2.21. The standard InChI is InChI=1S/C9H7N3/c10-4-7-1-8(5-11)3-9(2-7)6-12/h1,7,9H,2-3H2. The van der Waals surface area contributed by atoms with Crippen LogP contribution in [0.5, 0.6) is 0 Å². The summed E-state index contributed by atoms with van der Waals surface area (Å²) in [5.74, 6) is -0.410. The summed E-state index contributed by atoms with van der Waals surface area (Å²) in [6.07, 6.45) is 2.73. The maximum absolute atomic E-state index is 8.62. The molecule has 1 aliphatic rings. The fourth-order valence-electron chi connectivity index (χ4n) is 1.31. The molecule has 0 bridgehead atoms. The Labute approximate surface area is 71.1 Å². The van der Waals surface area contributed by atoms with Crippen LogP contribution in [0.15, 0.2) is 11.6 Å². The Bertz CT molecular complexity index is 321. The van der Waals surface area contributed by atoms with Crippen molar-refractivity contribution in [3.8, 4) is 18.2 Å². The Balaban J connectivity index is 2.82. The van der Waals surface area contributed by atoms with Gasteiger partial charge in [-0.2, -0.15) is 15.8 Å². The van der Waals surface area contributed by atoms with Gasteiger partial charge in [-0.3, -0.25) is 0 Å². The van der Waals surface area contributed by atoms with Gasteiger partial charge in [-0.05, 0) is 12.8 Å². The van der Waals surface area contributed by atoms with E-state index in [1.807, 2.05) is 6.07 Å². The van der Waals surface area contributed by atoms with Crippen molar-refractivity contribution < 1.29 is 0 Å². The third-order valence-corrected chi connectivity index (χ3v) is 1.90. The normalized spacial score (nSPS) is 27.6. The molecule has 3 nitrogen and oxygen atoms in total. The second-order valence-corrected chi connectivity index (χ2v) is 2.81. The zero-order chi connectivity index (χ0) is 8.97. The van der Waals surface area contributed by atoms with Gasteiger partial charge >= 0.3 is 0 Å². The van der Waals surface area contributed by atoms with E-state index < -0.39 is 0 Å². The molecule has 0 aromatic carbocycles. The van der Waals surface area contributed by atoms with Crippen LogP contribution in [0.4, 0.5) is 0 Å². The van der Waals surface area contributed by atoms with Crippen molar-refractivity contribution in [3.63, 3.8) is 0 Å². The molecule has 0 heterocycles. The van der Waals surface area contributed by atoms with Crippen LogP contribution < -0.4 is 0 Å². The SMILES string of the molecule is N#CC1=CC(C#N)CC(C#N)C1. The lowest BCUT2D eigenvalue weighted by atomic mass is 9.84. The van der Waals surface area contributed by atoms with Crippen LogP contribution in [-0.4, -0.2) is 0 Å². The quantitative estimate of drug-likeness (QED) is 0.535. The number of hydrogen-bond donors (Lipinski definition) is 0. The summed E-state index contributed by atoms with van der Waals surface area (Å²) in [7, 11) is 0. The van der Waals surface area contributed by atoms with Crippen molar-refractivity contribution in [2.24, 2.45) is 11.8 Å². The highest BCUT2D eigenvalue weighted by molar-refractivity contribution is 5.28. The van der Waals surface area contributed by atoms with E-state index in [0.717, 1.165) is 0 Å². The maximum atomic E-state index is 8.62. The van der Waals surface area contributed by atoms with Crippen LogP contribution in [0, 0.1) is 45.8 Å². The van der Waals surface area contributed by atoms with Crippen molar-refractivity contribution in [2.75, 3.05) is 0 Å². The molecule has 0 aliphatic heterocycles. The number of rotatable bonds is 0. The summed E-state index contributed by atoms with van der Waals surface area (Å²) in [6, 6.07) is 6.13. The third-order valence-electron chi connectivity index (χ3n) is 1.90. The fraction of sp³-hybridized carbons (Fsp3) is 0.444. The van der Waals surface area contributed by atoms with E-state index in [1.165, 1.54) is 0 Å². The van der Waals surface area contributed by atoms with E-state index in [4.69, 9.17) is 15.8 Å². The lowest BCUT2D eigenvalue weighted by Gasteiger charge is -2.15. The summed E-state index contributed by atoms with van der Waals surface area (Å²) < 4.78 is 0. The summed E-state index contributed by atoms with van der Waals surface area (Å²) in [6.45, 7) is 0. The smallest absolute Gasteiger partial charge is 0.0944 e. The first-order chi connectivity index (χ1) is 5.80. The van der Waals surface area contributed by atoms with Crippen molar-refractivity contribution in [1.29, 1.82) is 15.8 Å². The van der Waals surface area contributed by atoms with Crippen LogP contribution in [0.1, 0.15) is 12.8 Å². The molecule has 0 spiro atoms. The minimum absolute atomic E-state index is 0.158. The minimum atomic E-state index is -0.252. The predicted octanol–water partition coefficient (Wildman–Crippen LogP) is 1.51. The van der Waals surface area contributed by atoms with Crippen LogP contribution in [-0.2, 0) is 0 Å². The minimum Gasteiger partial charge on any atom is -0.198 e. The van der Waals surface area contributed by atoms with Gasteiger partial charge in [0.25, 0.3) is 0 Å². The second kappa shape index (κ2) is 3.56. The van der Waals surface area contributed by atoms with Gasteiger partial charge in [0.15, 0.2) is 0 Å². The van der Waals surface area contributed by atoms with E-state index >= 15 is 0 Å². The Hall–Kier alpha value is -1.79. The molecule has 0 N–H and O–H groups in total. The van der Waals surface area contributed by atoms with Crippen LogP contribution in [0.25, 0.3) is 0 Å². The molecule has 12 heavy (non-hydrogen) atoms. The molecule has 0 saturated heterocycles. The molecule has 0 saturated carbocycles. The van der Waals surface area contributed by atoms with E-state index in [1.54, 1.807) is 6.08 Å². The van der Waals surface area contributed by atoms with Gasteiger partial charge < -0.3 is 0 Å². The summed E-state index contributed by atoms with van der Waals surface area (Å²) >= 11 is 0. The van der Waals surface area contributed by atoms with Gasteiger partial charge in [0.2, 0.25) is 0 Å². The second-order valence-electron chi connectivity index (χ2n) is 2.81. The molecule has 0 aromatic rings. The first kappa shape index (κ1) is 8.31. The zero-order valence-corrected chi connectivity index (χ0v) is 6.49. The molecular formula is C9H7N3. The van der Waals surface area contributed by atoms with Crippen LogP contribution >= 0.6 is 0 Å². The zero-order valence-electron chi connectivity index (χ0n) is 6.49. The molecule has 58 valence electrons. The van der Waals surface area contributed by atoms with Gasteiger partial charge in [0.05, 0.1) is 30.0 Å². The maximum Gasteiger partial charge on any atom is 0.0944 e. The summed E-state index contributed by atoms with van der Waals surface area (Å²) in [5, 5.41) is 25.8. The largest absolute Gasteiger partial charge is 0.198 e. The van der Waals surface area contributed by atoms with Crippen molar-refractivity contribution in [1.82, 2.24) is 0 Å². The average molecular weight is 157 g/mol. The Kier molecular flexibility index (Phi) is 2.46. The van der Waals surface area contributed by atoms with Gasteiger partial charge in [-0.15, -0.1) is 0 Å². The van der Waals surface area contributed by atoms with E-state index in [-0.39, 0.29) is 11.8 Å². The number of allylic oxidation sites excluding steroid dienone is 2. The molecule has 0 aromatic heterocycles. The lowest BCUT2D eigenvalue weighted by molar-refractivity contribution is 0.525. The van der Waals surface area contributed by atoms with E-state index in [9.17, 15) is 0 Å². The summed E-state index contributed by atoms with van der Waals surface area (Å²) in [5.41, 5.74) is 0.569.